The zero-order valence-electron chi connectivity index (χ0n) is 15.8. The lowest BCUT2D eigenvalue weighted by Crippen LogP contribution is -2.34. The normalized spacial score (nSPS) is 16.0. The molecule has 2 heterocycles. The Bertz CT molecular complexity index is 1190. The number of hydrogen-bond acceptors (Lipinski definition) is 4. The zero-order chi connectivity index (χ0) is 20.4. The third-order valence-electron chi connectivity index (χ3n) is 5.14. The lowest BCUT2D eigenvalue weighted by Gasteiger charge is -2.21. The second-order valence-electron chi connectivity index (χ2n) is 7.08. The molecule has 0 unspecified atom stereocenters. The van der Waals surface area contributed by atoms with Crippen LogP contribution >= 0.6 is 15.9 Å². The average Bonchev–Trinajstić information content (AvgIpc) is 3.02. The van der Waals surface area contributed by atoms with Crippen LogP contribution in [0.4, 0.5) is 0 Å². The first-order valence-electron chi connectivity index (χ1n) is 9.55. The van der Waals surface area contributed by atoms with Crippen LogP contribution < -0.4 is 10.9 Å². The van der Waals surface area contributed by atoms with Crippen LogP contribution in [0.3, 0.4) is 0 Å². The molecule has 29 heavy (non-hydrogen) atoms. The van der Waals surface area contributed by atoms with Crippen LogP contribution in [0.5, 0.6) is 0 Å². The van der Waals surface area contributed by atoms with Crippen molar-refractivity contribution in [2.75, 3.05) is 26.2 Å². The minimum Gasteiger partial charge on any atom is -0.315 e. The molecule has 3 aromatic rings. The van der Waals surface area contributed by atoms with Crippen molar-refractivity contribution < 1.29 is 8.42 Å². The van der Waals surface area contributed by atoms with Crippen LogP contribution in [0.1, 0.15) is 12.0 Å². The van der Waals surface area contributed by atoms with Gasteiger partial charge in [0.1, 0.15) is 0 Å². The number of pyridine rings is 1. The predicted octanol–water partition coefficient (Wildman–Crippen LogP) is 2.80. The molecule has 1 aliphatic heterocycles. The van der Waals surface area contributed by atoms with Gasteiger partial charge in [0, 0.05) is 41.1 Å². The molecule has 8 heteroatoms. The first-order valence-corrected chi connectivity index (χ1v) is 11.8. The van der Waals surface area contributed by atoms with Crippen LogP contribution in [-0.2, 0) is 16.6 Å². The molecule has 6 nitrogen and oxygen atoms in total. The van der Waals surface area contributed by atoms with Crippen molar-refractivity contribution in [3.8, 4) is 0 Å². The molecule has 2 aromatic carbocycles. The van der Waals surface area contributed by atoms with Gasteiger partial charge in [-0.25, -0.2) is 8.42 Å². The summed E-state index contributed by atoms with van der Waals surface area (Å²) in [5.41, 5.74) is 0.795. The molecule has 0 spiro atoms. The fourth-order valence-electron chi connectivity index (χ4n) is 3.68. The van der Waals surface area contributed by atoms with Crippen molar-refractivity contribution in [1.82, 2.24) is 14.2 Å². The van der Waals surface area contributed by atoms with E-state index in [2.05, 4.69) is 21.2 Å². The maximum Gasteiger partial charge on any atom is 0.258 e. The van der Waals surface area contributed by atoms with E-state index in [0.29, 0.717) is 41.4 Å². The van der Waals surface area contributed by atoms with Gasteiger partial charge in [0.2, 0.25) is 10.0 Å². The molecule has 4 rings (SSSR count). The molecular formula is C21H22BrN3O3S. The Hall–Kier alpha value is -2.00. The molecule has 0 aliphatic carbocycles. The van der Waals surface area contributed by atoms with Gasteiger partial charge >= 0.3 is 0 Å². The third kappa shape index (κ3) is 4.02. The van der Waals surface area contributed by atoms with E-state index in [1.54, 1.807) is 29.0 Å². The number of benzene rings is 2. The van der Waals surface area contributed by atoms with Gasteiger partial charge in [0.05, 0.1) is 11.4 Å². The maximum absolute atomic E-state index is 13.4. The van der Waals surface area contributed by atoms with Crippen LogP contribution in [-0.4, -0.2) is 43.5 Å². The summed E-state index contributed by atoms with van der Waals surface area (Å²) in [6, 6.07) is 14.6. The highest BCUT2D eigenvalue weighted by Gasteiger charge is 2.28. The van der Waals surface area contributed by atoms with Crippen LogP contribution in [0.2, 0.25) is 0 Å². The van der Waals surface area contributed by atoms with Gasteiger partial charge in [-0.05, 0) is 46.6 Å². The second-order valence-corrected chi connectivity index (χ2v) is 9.84. The molecule has 1 N–H and O–H groups in total. The summed E-state index contributed by atoms with van der Waals surface area (Å²) in [5.74, 6) is 0. The van der Waals surface area contributed by atoms with E-state index in [1.165, 1.54) is 4.31 Å². The van der Waals surface area contributed by atoms with Gasteiger partial charge in [-0.15, -0.1) is 0 Å². The van der Waals surface area contributed by atoms with Gasteiger partial charge < -0.3 is 9.88 Å². The fraction of sp³-hybridized carbons (Fsp3) is 0.286. The highest BCUT2D eigenvalue weighted by Crippen LogP contribution is 2.30. The van der Waals surface area contributed by atoms with Crippen LogP contribution in [0.15, 0.2) is 68.9 Å². The van der Waals surface area contributed by atoms with Crippen molar-refractivity contribution >= 4 is 36.7 Å². The number of aromatic nitrogens is 1. The minimum absolute atomic E-state index is 0.174. The average molecular weight is 476 g/mol. The number of fused-ring (bicyclic) bond motifs is 1. The van der Waals surface area contributed by atoms with E-state index in [0.717, 1.165) is 18.5 Å². The first-order chi connectivity index (χ1) is 14.0. The number of hydrogen-bond donors (Lipinski definition) is 1. The predicted molar refractivity (Wildman–Crippen MR) is 118 cm³/mol. The summed E-state index contributed by atoms with van der Waals surface area (Å²) in [5, 5.41) is 4.06. The SMILES string of the molecule is O=c1c2cccc(S(=O)(=O)N3CCCNCC3)c2c(Br)cn1Cc1ccccc1. The highest BCUT2D eigenvalue weighted by molar-refractivity contribution is 9.10. The molecule has 0 atom stereocenters. The van der Waals surface area contributed by atoms with E-state index >= 15 is 0 Å². The van der Waals surface area contributed by atoms with E-state index in [1.807, 2.05) is 30.3 Å². The number of nitrogens with one attached hydrogen (secondary N) is 1. The largest absolute Gasteiger partial charge is 0.315 e. The summed E-state index contributed by atoms with van der Waals surface area (Å²) in [7, 11) is -3.71. The summed E-state index contributed by atoms with van der Waals surface area (Å²) >= 11 is 3.52. The van der Waals surface area contributed by atoms with E-state index in [-0.39, 0.29) is 10.5 Å². The first kappa shape index (κ1) is 20.3. The molecule has 1 fully saturated rings. The number of halogens is 1. The third-order valence-corrected chi connectivity index (χ3v) is 7.68. The summed E-state index contributed by atoms with van der Waals surface area (Å²) in [6.07, 6.45) is 2.44. The van der Waals surface area contributed by atoms with E-state index < -0.39 is 10.0 Å². The Morgan fingerprint density at radius 2 is 1.79 bits per heavy atom. The second kappa shape index (κ2) is 8.39. The van der Waals surface area contributed by atoms with Gasteiger partial charge in [0.15, 0.2) is 0 Å². The Morgan fingerprint density at radius 3 is 2.59 bits per heavy atom. The lowest BCUT2D eigenvalue weighted by atomic mass is 10.1. The highest BCUT2D eigenvalue weighted by atomic mass is 79.9. The van der Waals surface area contributed by atoms with Crippen molar-refractivity contribution in [3.63, 3.8) is 0 Å². The standard InChI is InChI=1S/C21H22BrN3O3S/c22-18-15-24(14-16-6-2-1-3-7-16)21(26)17-8-4-9-19(20(17)18)29(27,28)25-12-5-10-23-11-13-25/h1-4,6-9,15,23H,5,10-14H2. The van der Waals surface area contributed by atoms with Crippen molar-refractivity contribution in [1.29, 1.82) is 0 Å². The molecule has 1 saturated heterocycles. The summed E-state index contributed by atoms with van der Waals surface area (Å²) in [6.45, 7) is 2.73. The molecule has 0 amide bonds. The molecular weight excluding hydrogens is 454 g/mol. The fourth-order valence-corrected chi connectivity index (χ4v) is 6.20. The molecule has 1 aromatic heterocycles. The topological polar surface area (TPSA) is 71.4 Å². The van der Waals surface area contributed by atoms with Gasteiger partial charge in [-0.2, -0.15) is 4.31 Å². The smallest absolute Gasteiger partial charge is 0.258 e. The quantitative estimate of drug-likeness (QED) is 0.629. The Balaban J connectivity index is 1.83. The number of rotatable bonds is 4. The number of nitrogens with zero attached hydrogens (tertiary/aromatic N) is 2. The molecule has 152 valence electrons. The zero-order valence-corrected chi connectivity index (χ0v) is 18.2. The minimum atomic E-state index is -3.71. The maximum atomic E-state index is 13.4. The Kier molecular flexibility index (Phi) is 5.87. The van der Waals surface area contributed by atoms with Crippen LogP contribution in [0.25, 0.3) is 10.8 Å². The molecule has 0 bridgehead atoms. The molecule has 0 radical (unpaired) electrons. The van der Waals surface area contributed by atoms with Crippen LogP contribution in [0, 0.1) is 0 Å². The van der Waals surface area contributed by atoms with Gasteiger partial charge in [-0.1, -0.05) is 36.4 Å². The monoisotopic (exact) mass is 475 g/mol. The van der Waals surface area contributed by atoms with Crippen molar-refractivity contribution in [3.05, 3.63) is 75.1 Å². The Labute approximate surface area is 178 Å². The summed E-state index contributed by atoms with van der Waals surface area (Å²) in [4.78, 5) is 13.3. The lowest BCUT2D eigenvalue weighted by molar-refractivity contribution is 0.432. The number of sulfonamides is 1. The van der Waals surface area contributed by atoms with E-state index in [4.69, 9.17) is 0 Å². The molecule has 0 saturated carbocycles. The van der Waals surface area contributed by atoms with Crippen molar-refractivity contribution in [2.45, 2.75) is 17.9 Å². The molecule has 1 aliphatic rings. The summed E-state index contributed by atoms with van der Waals surface area (Å²) < 4.78 is 30.4. The van der Waals surface area contributed by atoms with E-state index in [9.17, 15) is 13.2 Å². The van der Waals surface area contributed by atoms with Crippen molar-refractivity contribution in [2.24, 2.45) is 0 Å². The van der Waals surface area contributed by atoms with Gasteiger partial charge in [-0.3, -0.25) is 4.79 Å². The van der Waals surface area contributed by atoms with Gasteiger partial charge in [0.25, 0.3) is 5.56 Å². The Morgan fingerprint density at radius 1 is 1.00 bits per heavy atom.